The van der Waals surface area contributed by atoms with Gasteiger partial charge in [0.15, 0.2) is 31.2 Å². The van der Waals surface area contributed by atoms with Gasteiger partial charge >= 0.3 is 0 Å². The number of nitrogens with zero attached hydrogens (tertiary/aromatic N) is 1. The molecule has 1 aliphatic rings. The van der Waals surface area contributed by atoms with Crippen LogP contribution in [0.2, 0.25) is 18.1 Å². The molecule has 8 heteroatoms. The van der Waals surface area contributed by atoms with Gasteiger partial charge in [0.05, 0.1) is 6.61 Å². The van der Waals surface area contributed by atoms with E-state index in [0.717, 1.165) is 3.70 Å². The van der Waals surface area contributed by atoms with Crippen molar-refractivity contribution in [2.24, 2.45) is 5.92 Å². The third kappa shape index (κ3) is 6.29. The number of ether oxygens (including phenoxy) is 3. The van der Waals surface area contributed by atoms with Gasteiger partial charge in [-0.3, -0.25) is 0 Å². The van der Waals surface area contributed by atoms with Gasteiger partial charge in [-0.2, -0.15) is 0 Å². The summed E-state index contributed by atoms with van der Waals surface area (Å²) in [5.74, 6) is 1.79. The molecule has 1 unspecified atom stereocenters. The summed E-state index contributed by atoms with van der Waals surface area (Å²) >= 11 is 5.67. The summed E-state index contributed by atoms with van der Waals surface area (Å²) in [7, 11) is -0.234. The molecule has 1 saturated carbocycles. The average Bonchev–Trinajstić information content (AvgIpc) is 2.49. The summed E-state index contributed by atoms with van der Waals surface area (Å²) in [5, 5.41) is 0.180. The predicted molar refractivity (Wildman–Crippen MR) is 122 cm³/mol. The zero-order chi connectivity index (χ0) is 20.2. The number of pyridine rings is 1. The molecule has 2 rings (SSSR count). The minimum absolute atomic E-state index is 0.0165. The zero-order valence-electron chi connectivity index (χ0n) is 17.1. The second-order valence-electron chi connectivity index (χ2n) is 8.53. The first-order valence-electron chi connectivity index (χ1n) is 9.33. The second-order valence-corrected chi connectivity index (χ2v) is 15.2. The Balaban J connectivity index is 2.19. The predicted octanol–water partition coefficient (Wildman–Crippen LogP) is 6.00. The maximum absolute atomic E-state index is 6.49. The Morgan fingerprint density at radius 2 is 2.00 bits per heavy atom. The van der Waals surface area contributed by atoms with E-state index in [1.165, 1.54) is 19.3 Å². The third-order valence-corrected chi connectivity index (χ3v) is 11.1. The van der Waals surface area contributed by atoms with E-state index in [1.807, 2.05) is 6.07 Å². The van der Waals surface area contributed by atoms with E-state index in [0.29, 0.717) is 28.6 Å². The SMILES string of the molecule is COCOc1c(OC(CO[Si](C)(C)C(C)(C)C)C2CCC2)cc(I)nc1Br. The molecule has 154 valence electrons. The Bertz CT molecular complexity index is 635. The monoisotopic (exact) mass is 571 g/mol. The van der Waals surface area contributed by atoms with Crippen molar-refractivity contribution >= 4 is 46.8 Å². The van der Waals surface area contributed by atoms with Crippen molar-refractivity contribution in [1.29, 1.82) is 0 Å². The van der Waals surface area contributed by atoms with E-state index >= 15 is 0 Å². The van der Waals surface area contributed by atoms with E-state index in [4.69, 9.17) is 18.6 Å². The Hall–Kier alpha value is 0.0969. The molecule has 0 amide bonds. The standard InChI is InChI=1S/C19H31BrINO4Si/c1-19(2,3)27(5,6)25-11-15(13-8-7-9-13)26-14-10-16(21)22-18(20)17(14)24-12-23-4/h10,13,15H,7-9,11-12H2,1-6H3. The van der Waals surface area contributed by atoms with Gasteiger partial charge in [-0.1, -0.05) is 27.2 Å². The summed E-state index contributed by atoms with van der Waals surface area (Å²) in [6.45, 7) is 12.1. The fraction of sp³-hybridized carbons (Fsp3) is 0.737. The molecule has 1 heterocycles. The lowest BCUT2D eigenvalue weighted by molar-refractivity contribution is 0.0246. The molecule has 0 aromatic carbocycles. The number of rotatable bonds is 9. The lowest BCUT2D eigenvalue weighted by Gasteiger charge is -2.40. The van der Waals surface area contributed by atoms with Gasteiger partial charge < -0.3 is 18.6 Å². The summed E-state index contributed by atoms with van der Waals surface area (Å²) in [4.78, 5) is 4.41. The highest BCUT2D eigenvalue weighted by Crippen LogP contribution is 2.41. The Kier molecular flexibility index (Phi) is 8.43. The van der Waals surface area contributed by atoms with Crippen LogP contribution >= 0.6 is 38.5 Å². The van der Waals surface area contributed by atoms with E-state index < -0.39 is 8.32 Å². The zero-order valence-corrected chi connectivity index (χ0v) is 21.8. The number of aromatic nitrogens is 1. The molecule has 27 heavy (non-hydrogen) atoms. The van der Waals surface area contributed by atoms with Crippen LogP contribution in [0, 0.1) is 9.62 Å². The Morgan fingerprint density at radius 3 is 2.52 bits per heavy atom. The summed E-state index contributed by atoms with van der Waals surface area (Å²) < 4.78 is 25.2. The van der Waals surface area contributed by atoms with Crippen LogP contribution in [0.15, 0.2) is 10.7 Å². The molecule has 1 aromatic rings. The smallest absolute Gasteiger partial charge is 0.197 e. The minimum Gasteiger partial charge on any atom is -0.484 e. The van der Waals surface area contributed by atoms with Crippen LogP contribution in [-0.4, -0.2) is 39.9 Å². The summed E-state index contributed by atoms with van der Waals surface area (Å²) in [6.07, 6.45) is 3.64. The van der Waals surface area contributed by atoms with Crippen LogP contribution in [0.1, 0.15) is 40.0 Å². The molecular weight excluding hydrogens is 541 g/mol. The number of methoxy groups -OCH3 is 1. The fourth-order valence-electron chi connectivity index (χ4n) is 2.54. The fourth-order valence-corrected chi connectivity index (χ4v) is 4.91. The molecule has 0 radical (unpaired) electrons. The number of hydrogen-bond acceptors (Lipinski definition) is 5. The van der Waals surface area contributed by atoms with Crippen molar-refractivity contribution in [3.63, 3.8) is 0 Å². The van der Waals surface area contributed by atoms with E-state index in [1.54, 1.807) is 7.11 Å². The quantitative estimate of drug-likeness (QED) is 0.157. The van der Waals surface area contributed by atoms with Crippen molar-refractivity contribution in [3.8, 4) is 11.5 Å². The van der Waals surface area contributed by atoms with Crippen molar-refractivity contribution < 1.29 is 18.6 Å². The largest absolute Gasteiger partial charge is 0.484 e. The van der Waals surface area contributed by atoms with Crippen molar-refractivity contribution in [2.75, 3.05) is 20.5 Å². The molecule has 0 bridgehead atoms. The van der Waals surface area contributed by atoms with E-state index in [-0.39, 0.29) is 17.9 Å². The van der Waals surface area contributed by atoms with Gasteiger partial charge in [-0.05, 0) is 75.4 Å². The van der Waals surface area contributed by atoms with Gasteiger partial charge in [0, 0.05) is 13.2 Å². The first kappa shape index (κ1) is 23.4. The van der Waals surface area contributed by atoms with Crippen LogP contribution in [-0.2, 0) is 9.16 Å². The minimum atomic E-state index is -1.83. The highest BCUT2D eigenvalue weighted by molar-refractivity contribution is 14.1. The van der Waals surface area contributed by atoms with Gasteiger partial charge in [0.25, 0.3) is 0 Å². The molecule has 5 nitrogen and oxygen atoms in total. The van der Waals surface area contributed by atoms with Crippen molar-refractivity contribution in [1.82, 2.24) is 4.98 Å². The molecule has 1 aromatic heterocycles. The Labute approximate surface area is 186 Å². The van der Waals surface area contributed by atoms with Gasteiger partial charge in [0.1, 0.15) is 9.80 Å². The second kappa shape index (κ2) is 9.73. The maximum atomic E-state index is 6.49. The summed E-state index contributed by atoms with van der Waals surface area (Å²) in [5.41, 5.74) is 0. The van der Waals surface area contributed by atoms with Crippen LogP contribution in [0.25, 0.3) is 0 Å². The first-order chi connectivity index (χ1) is 12.5. The van der Waals surface area contributed by atoms with Crippen molar-refractivity contribution in [2.45, 2.75) is 64.3 Å². The highest BCUT2D eigenvalue weighted by Gasteiger charge is 2.39. The van der Waals surface area contributed by atoms with Gasteiger partial charge in [0.2, 0.25) is 0 Å². The van der Waals surface area contributed by atoms with Crippen LogP contribution < -0.4 is 9.47 Å². The lowest BCUT2D eigenvalue weighted by atomic mass is 9.81. The Morgan fingerprint density at radius 1 is 1.33 bits per heavy atom. The van der Waals surface area contributed by atoms with Gasteiger partial charge in [-0.25, -0.2) is 4.98 Å². The summed E-state index contributed by atoms with van der Waals surface area (Å²) in [6, 6.07) is 1.91. The highest BCUT2D eigenvalue weighted by atomic mass is 127. The maximum Gasteiger partial charge on any atom is 0.197 e. The van der Waals surface area contributed by atoms with E-state index in [2.05, 4.69) is 77.4 Å². The normalized spacial score (nSPS) is 16.7. The van der Waals surface area contributed by atoms with E-state index in [9.17, 15) is 0 Å². The molecule has 0 N–H and O–H groups in total. The lowest BCUT2D eigenvalue weighted by Crippen LogP contribution is -2.45. The molecule has 0 spiro atoms. The first-order valence-corrected chi connectivity index (χ1v) is 14.1. The number of hydrogen-bond donors (Lipinski definition) is 0. The molecule has 1 atom stereocenters. The van der Waals surface area contributed by atoms with Gasteiger partial charge in [-0.15, -0.1) is 0 Å². The average molecular weight is 572 g/mol. The molecular formula is C19H31BrINO4Si. The molecule has 0 aliphatic heterocycles. The molecule has 1 fully saturated rings. The van der Waals surface area contributed by atoms with Crippen molar-refractivity contribution in [3.05, 3.63) is 14.4 Å². The molecule has 0 saturated heterocycles. The van der Waals surface area contributed by atoms with Crippen LogP contribution in [0.4, 0.5) is 0 Å². The topological polar surface area (TPSA) is 49.8 Å². The van der Waals surface area contributed by atoms with Crippen LogP contribution in [0.3, 0.4) is 0 Å². The number of halogens is 2. The third-order valence-electron chi connectivity index (χ3n) is 5.56. The molecule has 1 aliphatic carbocycles. The van der Waals surface area contributed by atoms with Crippen LogP contribution in [0.5, 0.6) is 11.5 Å².